The molecule has 0 N–H and O–H groups in total. The van der Waals surface area contributed by atoms with Crippen LogP contribution < -0.4 is 4.74 Å². The van der Waals surface area contributed by atoms with Crippen molar-refractivity contribution in [2.75, 3.05) is 7.11 Å². The lowest BCUT2D eigenvalue weighted by Gasteiger charge is -2.22. The number of nitrogens with zero attached hydrogens (tertiary/aromatic N) is 4. The van der Waals surface area contributed by atoms with Crippen LogP contribution in [0.3, 0.4) is 0 Å². The normalized spacial score (nSPS) is 16.4. The molecule has 0 aliphatic heterocycles. The van der Waals surface area contributed by atoms with Gasteiger partial charge in [0.25, 0.3) is 0 Å². The highest BCUT2D eigenvalue weighted by Gasteiger charge is 2.24. The molecule has 0 radical (unpaired) electrons. The minimum absolute atomic E-state index is 0.192. The van der Waals surface area contributed by atoms with E-state index in [4.69, 9.17) is 4.74 Å². The Morgan fingerprint density at radius 1 is 1.17 bits per heavy atom. The van der Waals surface area contributed by atoms with Gasteiger partial charge in [0.15, 0.2) is 15.7 Å². The molecule has 2 aromatic rings. The Labute approximate surface area is 135 Å². The molecule has 0 bridgehead atoms. The van der Waals surface area contributed by atoms with Crippen LogP contribution in [0.15, 0.2) is 29.2 Å². The Kier molecular flexibility index (Phi) is 4.61. The maximum absolute atomic E-state index is 12.6. The largest absolute Gasteiger partial charge is 0.497 e. The van der Waals surface area contributed by atoms with Gasteiger partial charge in [-0.3, -0.25) is 0 Å². The van der Waals surface area contributed by atoms with Crippen molar-refractivity contribution in [3.8, 4) is 5.75 Å². The van der Waals surface area contributed by atoms with Crippen molar-refractivity contribution in [1.82, 2.24) is 20.2 Å². The Bertz CT molecular complexity index is 749. The van der Waals surface area contributed by atoms with Gasteiger partial charge in [0.2, 0.25) is 0 Å². The zero-order valence-corrected chi connectivity index (χ0v) is 13.9. The van der Waals surface area contributed by atoms with Crippen molar-refractivity contribution in [3.63, 3.8) is 0 Å². The van der Waals surface area contributed by atoms with E-state index in [-0.39, 0.29) is 16.7 Å². The summed E-state index contributed by atoms with van der Waals surface area (Å²) in [6.07, 6.45) is 5.49. The lowest BCUT2D eigenvalue weighted by Crippen LogP contribution is -2.19. The van der Waals surface area contributed by atoms with E-state index in [1.807, 2.05) is 0 Å². The van der Waals surface area contributed by atoms with Crippen LogP contribution in [0.4, 0.5) is 0 Å². The molecular weight excluding hydrogens is 316 g/mol. The summed E-state index contributed by atoms with van der Waals surface area (Å²) < 4.78 is 31.9. The van der Waals surface area contributed by atoms with E-state index in [0.717, 1.165) is 25.7 Å². The lowest BCUT2D eigenvalue weighted by molar-refractivity contribution is 0.318. The number of rotatable bonds is 5. The molecule has 1 fully saturated rings. The fourth-order valence-electron chi connectivity index (χ4n) is 2.95. The molecule has 0 atom stereocenters. The van der Waals surface area contributed by atoms with Gasteiger partial charge in [0.1, 0.15) is 11.5 Å². The van der Waals surface area contributed by atoms with Crippen molar-refractivity contribution in [2.24, 2.45) is 0 Å². The van der Waals surface area contributed by atoms with Gasteiger partial charge in [-0.05, 0) is 47.5 Å². The van der Waals surface area contributed by atoms with Gasteiger partial charge in [-0.1, -0.05) is 19.3 Å². The average Bonchev–Trinajstić information content (AvgIpc) is 3.03. The van der Waals surface area contributed by atoms with Gasteiger partial charge >= 0.3 is 0 Å². The number of methoxy groups -OCH3 is 1. The summed E-state index contributed by atoms with van der Waals surface area (Å²) in [5.74, 6) is 0.840. The lowest BCUT2D eigenvalue weighted by atomic mass is 9.96. The van der Waals surface area contributed by atoms with E-state index in [1.165, 1.54) is 6.42 Å². The van der Waals surface area contributed by atoms with Gasteiger partial charge in [-0.2, -0.15) is 0 Å². The number of sulfone groups is 1. The van der Waals surface area contributed by atoms with E-state index in [9.17, 15) is 8.42 Å². The van der Waals surface area contributed by atoms with Gasteiger partial charge in [0, 0.05) is 0 Å². The van der Waals surface area contributed by atoms with E-state index >= 15 is 0 Å². The molecule has 1 saturated carbocycles. The fourth-order valence-corrected chi connectivity index (χ4v) is 4.20. The second-order valence-corrected chi connectivity index (χ2v) is 7.76. The average molecular weight is 336 g/mol. The second kappa shape index (κ2) is 6.66. The van der Waals surface area contributed by atoms with Crippen molar-refractivity contribution < 1.29 is 13.2 Å². The molecule has 8 heteroatoms. The van der Waals surface area contributed by atoms with Crippen molar-refractivity contribution >= 4 is 9.84 Å². The Balaban J connectivity index is 1.81. The maximum Gasteiger partial charge on any atom is 0.185 e. The van der Waals surface area contributed by atoms with Gasteiger partial charge in [-0.25, -0.2) is 13.1 Å². The summed E-state index contributed by atoms with van der Waals surface area (Å²) in [6, 6.07) is 6.57. The molecule has 23 heavy (non-hydrogen) atoms. The molecule has 1 aliphatic rings. The van der Waals surface area contributed by atoms with Gasteiger partial charge in [0.05, 0.1) is 18.0 Å². The molecular formula is C15H20N4O3S. The summed E-state index contributed by atoms with van der Waals surface area (Å²) in [7, 11) is -1.94. The predicted octanol–water partition coefficient (Wildman–Crippen LogP) is 2.16. The van der Waals surface area contributed by atoms with Crippen molar-refractivity contribution in [3.05, 3.63) is 30.1 Å². The molecule has 0 spiro atoms. The molecule has 1 aliphatic carbocycles. The van der Waals surface area contributed by atoms with E-state index < -0.39 is 9.84 Å². The van der Waals surface area contributed by atoms with Crippen LogP contribution in [-0.2, 0) is 15.6 Å². The molecule has 7 nitrogen and oxygen atoms in total. The van der Waals surface area contributed by atoms with Crippen LogP contribution in [0.2, 0.25) is 0 Å². The molecule has 0 unspecified atom stereocenters. The number of hydrogen-bond acceptors (Lipinski definition) is 6. The zero-order chi connectivity index (χ0) is 16.3. The summed E-state index contributed by atoms with van der Waals surface area (Å²) in [6.45, 7) is 0. The summed E-state index contributed by atoms with van der Waals surface area (Å²) >= 11 is 0. The SMILES string of the molecule is COc1ccc(S(=O)(=O)Cc2nnnn2C2CCCCC2)cc1. The highest BCUT2D eigenvalue weighted by molar-refractivity contribution is 7.90. The van der Waals surface area contributed by atoms with E-state index in [2.05, 4.69) is 15.5 Å². The summed E-state index contributed by atoms with van der Waals surface area (Å²) in [5.41, 5.74) is 0. The number of aromatic nitrogens is 4. The number of ether oxygens (including phenoxy) is 1. The Hall–Kier alpha value is -1.96. The first-order valence-corrected chi connectivity index (χ1v) is 9.39. The summed E-state index contributed by atoms with van der Waals surface area (Å²) in [4.78, 5) is 0.247. The fraction of sp³-hybridized carbons (Fsp3) is 0.533. The summed E-state index contributed by atoms with van der Waals surface area (Å²) in [5, 5.41) is 11.6. The Morgan fingerprint density at radius 2 is 1.87 bits per heavy atom. The number of tetrazole rings is 1. The van der Waals surface area contributed by atoms with Crippen molar-refractivity contribution in [1.29, 1.82) is 0 Å². The zero-order valence-electron chi connectivity index (χ0n) is 13.1. The molecule has 0 saturated heterocycles. The molecule has 1 aromatic heterocycles. The second-order valence-electron chi connectivity index (χ2n) is 5.77. The third-order valence-corrected chi connectivity index (χ3v) is 5.85. The quantitative estimate of drug-likeness (QED) is 0.831. The topological polar surface area (TPSA) is 87.0 Å². The van der Waals surface area contributed by atoms with Gasteiger partial charge < -0.3 is 4.74 Å². The van der Waals surface area contributed by atoms with E-state index in [1.54, 1.807) is 36.1 Å². The molecule has 124 valence electrons. The van der Waals surface area contributed by atoms with E-state index in [0.29, 0.717) is 11.6 Å². The smallest absolute Gasteiger partial charge is 0.185 e. The molecule has 0 amide bonds. The third kappa shape index (κ3) is 3.52. The van der Waals surface area contributed by atoms with Gasteiger partial charge in [-0.15, -0.1) is 5.10 Å². The first-order valence-electron chi connectivity index (χ1n) is 7.74. The standard InChI is InChI=1S/C15H20N4O3S/c1-22-13-7-9-14(10-8-13)23(20,21)11-15-16-17-18-19(15)12-5-3-2-4-6-12/h7-10,12H,2-6,11H2,1H3. The highest BCUT2D eigenvalue weighted by atomic mass is 32.2. The predicted molar refractivity (Wildman–Crippen MR) is 83.8 cm³/mol. The van der Waals surface area contributed by atoms with Crippen molar-refractivity contribution in [2.45, 2.75) is 48.8 Å². The minimum atomic E-state index is -3.49. The number of hydrogen-bond donors (Lipinski definition) is 0. The Morgan fingerprint density at radius 3 is 2.52 bits per heavy atom. The monoisotopic (exact) mass is 336 g/mol. The number of benzene rings is 1. The third-order valence-electron chi connectivity index (χ3n) is 4.22. The van der Waals surface area contributed by atoms with Crippen LogP contribution in [0.1, 0.15) is 44.0 Å². The first-order chi connectivity index (χ1) is 11.1. The molecule has 3 rings (SSSR count). The highest BCUT2D eigenvalue weighted by Crippen LogP contribution is 2.28. The first kappa shape index (κ1) is 15.9. The van der Waals surface area contributed by atoms with Crippen LogP contribution in [0, 0.1) is 0 Å². The molecule has 1 aromatic carbocycles. The van der Waals surface area contributed by atoms with Crippen LogP contribution >= 0.6 is 0 Å². The maximum atomic E-state index is 12.6. The van der Waals surface area contributed by atoms with Crippen LogP contribution in [0.25, 0.3) is 0 Å². The van der Waals surface area contributed by atoms with Crippen LogP contribution in [-0.4, -0.2) is 35.7 Å². The van der Waals surface area contributed by atoms with Crippen LogP contribution in [0.5, 0.6) is 5.75 Å². The minimum Gasteiger partial charge on any atom is -0.497 e. The molecule has 1 heterocycles.